The van der Waals surface area contributed by atoms with Gasteiger partial charge < -0.3 is 15.3 Å². The molecule has 0 unspecified atom stereocenters. The average Bonchev–Trinajstić information content (AvgIpc) is 2.45. The highest BCUT2D eigenvalue weighted by molar-refractivity contribution is 6.43. The minimum atomic E-state index is -0.701. The Kier molecular flexibility index (Phi) is 5.90. The Morgan fingerprint density at radius 1 is 1.12 bits per heavy atom. The molecule has 0 saturated heterocycles. The van der Waals surface area contributed by atoms with Crippen molar-refractivity contribution in [2.24, 2.45) is 16.5 Å². The van der Waals surface area contributed by atoms with E-state index in [0.29, 0.717) is 40.5 Å². The number of ether oxygens (including phenoxy) is 1. The number of benzene rings is 1. The van der Waals surface area contributed by atoms with E-state index in [1.165, 1.54) is 10.8 Å². The van der Waals surface area contributed by atoms with Crippen LogP contribution in [-0.2, 0) is 4.84 Å². The molecule has 0 fully saturated rings. The number of aliphatic imine (C=N–C) groups is 1. The summed E-state index contributed by atoms with van der Waals surface area (Å²) in [6.07, 6.45) is 0.593. The van der Waals surface area contributed by atoms with E-state index in [9.17, 15) is 0 Å². The van der Waals surface area contributed by atoms with Gasteiger partial charge in [-0.25, -0.2) is 5.32 Å². The zero-order valence-corrected chi connectivity index (χ0v) is 15.5. The van der Waals surface area contributed by atoms with Gasteiger partial charge in [-0.15, -0.1) is 0 Å². The van der Waals surface area contributed by atoms with Crippen molar-refractivity contribution < 1.29 is 14.3 Å². The summed E-state index contributed by atoms with van der Waals surface area (Å²) in [7, 11) is 0. The van der Waals surface area contributed by atoms with Crippen molar-refractivity contribution in [3.8, 4) is 5.75 Å². The molecule has 1 heterocycles. The molecular weight excluding hydrogens is 377 g/mol. The van der Waals surface area contributed by atoms with Gasteiger partial charge in [0.1, 0.15) is 12.4 Å². The maximum absolute atomic E-state index is 6.04. The molecule has 0 atom stereocenters. The first-order valence-corrected chi connectivity index (χ1v) is 8.29. The minimum Gasteiger partial charge on any atom is -0.492 e. The third kappa shape index (κ3) is 4.49. The number of halogens is 3. The zero-order chi connectivity index (χ0) is 17.9. The van der Waals surface area contributed by atoms with Gasteiger partial charge >= 0.3 is 5.96 Å². The standard InChI is InChI=1S/C14H18Cl3N5O2/c1-14(2)21-12(18)20-13(19)22(14)24-5-3-4-23-11-7-9(16)8(15)6-10(11)17/h6-7H,3-5H2,1-2H3,(H4,18,19,20,21)/p+1. The lowest BCUT2D eigenvalue weighted by atomic mass is 10.2. The molecule has 5 N–H and O–H groups in total. The largest absolute Gasteiger partial charge is 0.492 e. The summed E-state index contributed by atoms with van der Waals surface area (Å²) in [5, 5.41) is 3.87. The number of rotatable bonds is 6. The summed E-state index contributed by atoms with van der Waals surface area (Å²) in [6.45, 7) is 4.41. The Bertz CT molecular complexity index is 691. The molecule has 1 aromatic carbocycles. The van der Waals surface area contributed by atoms with E-state index in [-0.39, 0.29) is 11.9 Å². The summed E-state index contributed by atoms with van der Waals surface area (Å²) in [5.41, 5.74) is 10.8. The number of hydroxylamine groups is 1. The SMILES string of the molecule is CC1(C)N=C(N)NC(N)=[N+]1OCCCOc1cc(Cl)c(Cl)cc1Cl. The summed E-state index contributed by atoms with van der Waals surface area (Å²) in [4.78, 5) is 9.89. The number of nitrogens with zero attached hydrogens (tertiary/aromatic N) is 2. The second-order valence-corrected chi connectivity index (χ2v) is 6.75. The van der Waals surface area contributed by atoms with E-state index in [4.69, 9.17) is 55.8 Å². The quantitative estimate of drug-likeness (QED) is 0.390. The van der Waals surface area contributed by atoms with Gasteiger partial charge in [-0.1, -0.05) is 39.5 Å². The van der Waals surface area contributed by atoms with Crippen LogP contribution in [0, 0.1) is 0 Å². The van der Waals surface area contributed by atoms with Crippen LogP contribution in [-0.4, -0.2) is 35.5 Å². The van der Waals surface area contributed by atoms with Crippen LogP contribution in [0.15, 0.2) is 17.1 Å². The van der Waals surface area contributed by atoms with E-state index in [0.717, 1.165) is 0 Å². The van der Waals surface area contributed by atoms with Crippen molar-refractivity contribution in [3.05, 3.63) is 27.2 Å². The fourth-order valence-electron chi connectivity index (χ4n) is 2.08. The topological polar surface area (TPSA) is 97.9 Å². The van der Waals surface area contributed by atoms with Crippen molar-refractivity contribution >= 4 is 46.7 Å². The first-order valence-electron chi connectivity index (χ1n) is 7.16. The summed E-state index contributed by atoms with van der Waals surface area (Å²) < 4.78 is 7.05. The van der Waals surface area contributed by atoms with Gasteiger partial charge in [-0.2, -0.15) is 4.99 Å². The van der Waals surface area contributed by atoms with Crippen LogP contribution in [0.1, 0.15) is 20.3 Å². The first kappa shape index (κ1) is 18.8. The number of guanidine groups is 2. The third-order valence-electron chi connectivity index (χ3n) is 3.11. The lowest BCUT2D eigenvalue weighted by Gasteiger charge is -2.26. The van der Waals surface area contributed by atoms with Crippen LogP contribution in [0.5, 0.6) is 5.75 Å². The number of hydrogen-bond donors (Lipinski definition) is 3. The molecule has 0 radical (unpaired) electrons. The normalized spacial score (nSPS) is 16.5. The smallest absolute Gasteiger partial charge is 0.390 e. The lowest BCUT2D eigenvalue weighted by Crippen LogP contribution is -2.57. The first-order chi connectivity index (χ1) is 11.2. The molecule has 0 saturated carbocycles. The van der Waals surface area contributed by atoms with Gasteiger partial charge in [0.2, 0.25) is 5.66 Å². The molecule has 1 aromatic rings. The Morgan fingerprint density at radius 3 is 2.46 bits per heavy atom. The Hall–Kier alpha value is -1.57. The number of nitrogens with two attached hydrogens (primary N) is 2. The van der Waals surface area contributed by atoms with E-state index in [1.807, 2.05) is 13.8 Å². The van der Waals surface area contributed by atoms with Gasteiger partial charge in [0, 0.05) is 12.5 Å². The van der Waals surface area contributed by atoms with Crippen molar-refractivity contribution in [3.63, 3.8) is 0 Å². The van der Waals surface area contributed by atoms with Crippen LogP contribution < -0.4 is 21.5 Å². The van der Waals surface area contributed by atoms with Gasteiger partial charge in [0.05, 0.1) is 21.7 Å². The van der Waals surface area contributed by atoms with Crippen LogP contribution in [0.3, 0.4) is 0 Å². The molecule has 0 spiro atoms. The fraction of sp³-hybridized carbons (Fsp3) is 0.429. The third-order valence-corrected chi connectivity index (χ3v) is 4.12. The Labute approximate surface area is 155 Å². The van der Waals surface area contributed by atoms with E-state index < -0.39 is 5.66 Å². The van der Waals surface area contributed by atoms with E-state index in [1.54, 1.807) is 6.07 Å². The van der Waals surface area contributed by atoms with Gasteiger partial charge in [-0.05, 0) is 19.9 Å². The Morgan fingerprint density at radius 2 is 1.79 bits per heavy atom. The molecule has 24 heavy (non-hydrogen) atoms. The summed E-state index contributed by atoms with van der Waals surface area (Å²) in [5.74, 6) is 0.991. The zero-order valence-electron chi connectivity index (χ0n) is 13.3. The molecule has 0 bridgehead atoms. The molecule has 0 aliphatic carbocycles. The number of nitrogens with one attached hydrogen (secondary N) is 1. The summed E-state index contributed by atoms with van der Waals surface area (Å²) >= 11 is 17.9. The predicted molar refractivity (Wildman–Crippen MR) is 95.8 cm³/mol. The van der Waals surface area contributed by atoms with Crippen molar-refractivity contribution in [1.82, 2.24) is 5.32 Å². The van der Waals surface area contributed by atoms with Crippen LogP contribution in [0.2, 0.25) is 15.1 Å². The molecular formula is C14H19Cl3N5O2+. The fourth-order valence-corrected chi connectivity index (χ4v) is 2.68. The van der Waals surface area contributed by atoms with Crippen LogP contribution >= 0.6 is 34.8 Å². The highest BCUT2D eigenvalue weighted by atomic mass is 35.5. The second-order valence-electron chi connectivity index (χ2n) is 5.53. The molecule has 1 aliphatic heterocycles. The van der Waals surface area contributed by atoms with Gasteiger partial charge in [-0.3, -0.25) is 5.73 Å². The molecule has 2 rings (SSSR count). The molecule has 0 amide bonds. The molecule has 0 aromatic heterocycles. The van der Waals surface area contributed by atoms with Crippen LogP contribution in [0.25, 0.3) is 0 Å². The molecule has 7 nitrogen and oxygen atoms in total. The molecule has 1 aliphatic rings. The molecule has 10 heteroatoms. The maximum atomic E-state index is 6.04. The lowest BCUT2D eigenvalue weighted by molar-refractivity contribution is -0.834. The van der Waals surface area contributed by atoms with Crippen molar-refractivity contribution in [2.45, 2.75) is 25.9 Å². The maximum Gasteiger partial charge on any atom is 0.390 e. The monoisotopic (exact) mass is 394 g/mol. The second kappa shape index (κ2) is 7.55. The highest BCUT2D eigenvalue weighted by Gasteiger charge is 2.35. The average molecular weight is 396 g/mol. The highest BCUT2D eigenvalue weighted by Crippen LogP contribution is 2.33. The van der Waals surface area contributed by atoms with E-state index in [2.05, 4.69) is 10.3 Å². The Balaban J connectivity index is 1.84. The van der Waals surface area contributed by atoms with Gasteiger partial charge in [0.15, 0.2) is 0 Å². The van der Waals surface area contributed by atoms with Crippen molar-refractivity contribution in [2.75, 3.05) is 13.2 Å². The van der Waals surface area contributed by atoms with Gasteiger partial charge in [0.25, 0.3) is 5.96 Å². The van der Waals surface area contributed by atoms with E-state index >= 15 is 0 Å². The summed E-state index contributed by atoms with van der Waals surface area (Å²) in [6, 6.07) is 3.12. The van der Waals surface area contributed by atoms with Crippen LogP contribution in [0.4, 0.5) is 0 Å². The van der Waals surface area contributed by atoms with Crippen molar-refractivity contribution in [1.29, 1.82) is 0 Å². The molecule has 132 valence electrons. The number of hydrogen-bond acceptors (Lipinski definition) is 6. The predicted octanol–water partition coefficient (Wildman–Crippen LogP) is 2.33. The minimum absolute atomic E-state index is 0.245.